The Labute approximate surface area is 111 Å². The second-order valence-electron chi connectivity index (χ2n) is 4.32. The molecule has 0 amide bonds. The van der Waals surface area contributed by atoms with E-state index < -0.39 is 0 Å². The Balaban J connectivity index is 2.46. The van der Waals surface area contributed by atoms with Crippen molar-refractivity contribution in [1.82, 2.24) is 4.90 Å². The van der Waals surface area contributed by atoms with E-state index in [0.717, 1.165) is 12.1 Å². The van der Waals surface area contributed by atoms with Crippen molar-refractivity contribution in [2.24, 2.45) is 10.7 Å². The van der Waals surface area contributed by atoms with E-state index in [-0.39, 0.29) is 5.54 Å². The number of rotatable bonds is 2. The summed E-state index contributed by atoms with van der Waals surface area (Å²) in [4.78, 5) is 6.37. The average Bonchev–Trinajstić information content (AvgIpc) is 2.55. The molecule has 1 aromatic carbocycles. The summed E-state index contributed by atoms with van der Waals surface area (Å²) in [6, 6.07) is 5.55. The Morgan fingerprint density at radius 1 is 1.47 bits per heavy atom. The van der Waals surface area contributed by atoms with Crippen LogP contribution < -0.4 is 5.73 Å². The summed E-state index contributed by atoms with van der Waals surface area (Å²) in [5.74, 6) is 0.570. The minimum absolute atomic E-state index is 0.277. The summed E-state index contributed by atoms with van der Waals surface area (Å²) in [5.41, 5.74) is 6.62. The van der Waals surface area contributed by atoms with Crippen molar-refractivity contribution < 1.29 is 0 Å². The standard InChI is InChI=1S/C12H15Cl2N3/c1-3-17-11(15)16-7-12(17,2)9-5-4-8(13)6-10(9)14/h4-6H,3,7H2,1-2H3,(H2,15,16). The van der Waals surface area contributed by atoms with E-state index in [1.807, 2.05) is 12.1 Å². The molecule has 0 fully saturated rings. The molecule has 0 spiro atoms. The number of aliphatic imine (C=N–C) groups is 1. The third-order valence-corrected chi connectivity index (χ3v) is 3.80. The molecule has 0 radical (unpaired) electrons. The topological polar surface area (TPSA) is 41.6 Å². The van der Waals surface area contributed by atoms with E-state index >= 15 is 0 Å². The van der Waals surface area contributed by atoms with Gasteiger partial charge in [0.2, 0.25) is 0 Å². The smallest absolute Gasteiger partial charge is 0.192 e. The first kappa shape index (κ1) is 12.5. The highest BCUT2D eigenvalue weighted by atomic mass is 35.5. The molecule has 17 heavy (non-hydrogen) atoms. The molecule has 92 valence electrons. The van der Waals surface area contributed by atoms with Crippen LogP contribution in [0.2, 0.25) is 10.0 Å². The van der Waals surface area contributed by atoms with Crippen LogP contribution in [0.4, 0.5) is 0 Å². The van der Waals surface area contributed by atoms with Crippen molar-refractivity contribution in [3.63, 3.8) is 0 Å². The van der Waals surface area contributed by atoms with Gasteiger partial charge >= 0.3 is 0 Å². The predicted octanol–water partition coefficient (Wildman–Crippen LogP) is 2.86. The largest absolute Gasteiger partial charge is 0.370 e. The third-order valence-electron chi connectivity index (χ3n) is 3.25. The van der Waals surface area contributed by atoms with Gasteiger partial charge in [0.05, 0.1) is 12.1 Å². The first-order valence-corrected chi connectivity index (χ1v) is 6.27. The van der Waals surface area contributed by atoms with Crippen LogP contribution in [0.25, 0.3) is 0 Å². The van der Waals surface area contributed by atoms with E-state index in [4.69, 9.17) is 28.9 Å². The van der Waals surface area contributed by atoms with Crippen LogP contribution in [0.3, 0.4) is 0 Å². The van der Waals surface area contributed by atoms with Crippen LogP contribution in [0.1, 0.15) is 19.4 Å². The van der Waals surface area contributed by atoms with Crippen LogP contribution >= 0.6 is 23.2 Å². The minimum atomic E-state index is -0.277. The van der Waals surface area contributed by atoms with Crippen LogP contribution in [-0.4, -0.2) is 23.9 Å². The molecule has 0 bridgehead atoms. The lowest BCUT2D eigenvalue weighted by molar-refractivity contribution is 0.235. The molecule has 1 atom stereocenters. The quantitative estimate of drug-likeness (QED) is 0.899. The zero-order chi connectivity index (χ0) is 12.6. The summed E-state index contributed by atoms with van der Waals surface area (Å²) < 4.78 is 0. The number of hydrogen-bond donors (Lipinski definition) is 1. The lowest BCUT2D eigenvalue weighted by Crippen LogP contribution is -2.47. The molecule has 1 aliphatic rings. The SMILES string of the molecule is CCN1C(N)=NCC1(C)c1ccc(Cl)cc1Cl. The number of guanidine groups is 1. The Hall–Kier alpha value is -0.930. The van der Waals surface area contributed by atoms with E-state index in [9.17, 15) is 0 Å². The van der Waals surface area contributed by atoms with Gasteiger partial charge < -0.3 is 10.6 Å². The lowest BCUT2D eigenvalue weighted by Gasteiger charge is -2.36. The molecule has 1 heterocycles. The van der Waals surface area contributed by atoms with Gasteiger partial charge in [-0.3, -0.25) is 4.99 Å². The highest BCUT2D eigenvalue weighted by Gasteiger charge is 2.39. The lowest BCUT2D eigenvalue weighted by atomic mass is 9.91. The maximum absolute atomic E-state index is 6.27. The Morgan fingerprint density at radius 3 is 2.76 bits per heavy atom. The average molecular weight is 272 g/mol. The summed E-state index contributed by atoms with van der Waals surface area (Å²) in [5, 5.41) is 1.29. The molecule has 0 aliphatic carbocycles. The van der Waals surface area contributed by atoms with Crippen molar-refractivity contribution in [2.75, 3.05) is 13.1 Å². The van der Waals surface area contributed by atoms with Crippen molar-refractivity contribution in [2.45, 2.75) is 19.4 Å². The molecule has 0 saturated heterocycles. The predicted molar refractivity (Wildman–Crippen MR) is 72.7 cm³/mol. The zero-order valence-electron chi connectivity index (χ0n) is 9.87. The van der Waals surface area contributed by atoms with Gasteiger partial charge in [0.1, 0.15) is 0 Å². The van der Waals surface area contributed by atoms with E-state index in [1.54, 1.807) is 6.07 Å². The van der Waals surface area contributed by atoms with E-state index in [1.165, 1.54) is 0 Å². The fraction of sp³-hybridized carbons (Fsp3) is 0.417. The summed E-state index contributed by atoms with van der Waals surface area (Å²) in [7, 11) is 0. The molecule has 1 unspecified atom stereocenters. The van der Waals surface area contributed by atoms with Crippen molar-refractivity contribution >= 4 is 29.2 Å². The first-order chi connectivity index (χ1) is 7.99. The monoisotopic (exact) mass is 271 g/mol. The Bertz CT molecular complexity index is 473. The molecular formula is C12H15Cl2N3. The number of benzene rings is 1. The first-order valence-electron chi connectivity index (χ1n) is 5.52. The maximum Gasteiger partial charge on any atom is 0.192 e. The molecule has 5 heteroatoms. The van der Waals surface area contributed by atoms with Crippen molar-refractivity contribution in [1.29, 1.82) is 0 Å². The Kier molecular flexibility index (Phi) is 3.23. The van der Waals surface area contributed by atoms with Gasteiger partial charge in [-0.1, -0.05) is 29.3 Å². The van der Waals surface area contributed by atoms with Crippen LogP contribution in [0.5, 0.6) is 0 Å². The zero-order valence-corrected chi connectivity index (χ0v) is 11.4. The van der Waals surface area contributed by atoms with Gasteiger partial charge in [-0.15, -0.1) is 0 Å². The van der Waals surface area contributed by atoms with Gasteiger partial charge in [0, 0.05) is 16.6 Å². The van der Waals surface area contributed by atoms with Crippen LogP contribution in [0.15, 0.2) is 23.2 Å². The number of hydrogen-bond acceptors (Lipinski definition) is 3. The third kappa shape index (κ3) is 1.98. The summed E-state index contributed by atoms with van der Waals surface area (Å²) in [6.07, 6.45) is 0. The number of nitrogens with zero attached hydrogens (tertiary/aromatic N) is 2. The molecule has 2 N–H and O–H groups in total. The van der Waals surface area contributed by atoms with E-state index in [2.05, 4.69) is 23.7 Å². The number of likely N-dealkylation sites (N-methyl/N-ethyl adjacent to an activating group) is 1. The molecule has 1 aromatic rings. The van der Waals surface area contributed by atoms with Gasteiger partial charge in [-0.25, -0.2) is 0 Å². The molecule has 0 saturated carbocycles. The highest BCUT2D eigenvalue weighted by molar-refractivity contribution is 6.35. The van der Waals surface area contributed by atoms with Gasteiger partial charge in [-0.2, -0.15) is 0 Å². The second-order valence-corrected chi connectivity index (χ2v) is 5.16. The second kappa shape index (κ2) is 4.39. The summed E-state index contributed by atoms with van der Waals surface area (Å²) in [6.45, 7) is 5.56. The summed E-state index contributed by atoms with van der Waals surface area (Å²) >= 11 is 12.2. The van der Waals surface area contributed by atoms with Crippen LogP contribution in [-0.2, 0) is 5.54 Å². The van der Waals surface area contributed by atoms with E-state index in [0.29, 0.717) is 22.5 Å². The van der Waals surface area contributed by atoms with Crippen molar-refractivity contribution in [3.05, 3.63) is 33.8 Å². The van der Waals surface area contributed by atoms with Crippen LogP contribution in [0, 0.1) is 0 Å². The minimum Gasteiger partial charge on any atom is -0.370 e. The number of nitrogens with two attached hydrogens (primary N) is 1. The molecule has 0 aromatic heterocycles. The molecule has 3 nitrogen and oxygen atoms in total. The van der Waals surface area contributed by atoms with Gasteiger partial charge in [-0.05, 0) is 31.5 Å². The molecule has 1 aliphatic heterocycles. The van der Waals surface area contributed by atoms with Gasteiger partial charge in [0.15, 0.2) is 5.96 Å². The highest BCUT2D eigenvalue weighted by Crippen LogP contribution is 2.37. The fourth-order valence-corrected chi connectivity index (χ4v) is 2.94. The van der Waals surface area contributed by atoms with Crippen molar-refractivity contribution in [3.8, 4) is 0 Å². The maximum atomic E-state index is 6.27. The normalized spacial score (nSPS) is 24.0. The molecular weight excluding hydrogens is 257 g/mol. The number of halogens is 2. The fourth-order valence-electron chi connectivity index (χ4n) is 2.33. The Morgan fingerprint density at radius 2 is 2.18 bits per heavy atom. The molecule has 2 rings (SSSR count). The van der Waals surface area contributed by atoms with Gasteiger partial charge in [0.25, 0.3) is 0 Å².